The van der Waals surface area contributed by atoms with Crippen molar-refractivity contribution in [1.82, 2.24) is 23.8 Å². The second-order valence-electron chi connectivity index (χ2n) is 7.79. The van der Waals surface area contributed by atoms with Crippen LogP contribution >= 0.6 is 0 Å². The number of nitrogens with one attached hydrogen (secondary N) is 1. The van der Waals surface area contributed by atoms with Crippen LogP contribution in [0.2, 0.25) is 0 Å². The maximum Gasteiger partial charge on any atom is 0.274 e. The van der Waals surface area contributed by atoms with E-state index in [4.69, 9.17) is 4.52 Å². The van der Waals surface area contributed by atoms with Crippen molar-refractivity contribution in [3.63, 3.8) is 0 Å². The van der Waals surface area contributed by atoms with E-state index in [9.17, 15) is 13.2 Å². The highest BCUT2D eigenvalue weighted by Gasteiger charge is 2.37. The van der Waals surface area contributed by atoms with Gasteiger partial charge in [0.1, 0.15) is 11.3 Å². The highest BCUT2D eigenvalue weighted by atomic mass is 32.2. The van der Waals surface area contributed by atoms with Gasteiger partial charge in [0.2, 0.25) is 21.7 Å². The van der Waals surface area contributed by atoms with Crippen molar-refractivity contribution in [2.45, 2.75) is 12.8 Å². The molecule has 4 heterocycles. The van der Waals surface area contributed by atoms with Gasteiger partial charge < -0.3 is 9.84 Å². The van der Waals surface area contributed by atoms with Crippen molar-refractivity contribution < 1.29 is 17.7 Å². The van der Waals surface area contributed by atoms with Gasteiger partial charge in [-0.3, -0.25) is 9.20 Å². The van der Waals surface area contributed by atoms with Crippen LogP contribution < -0.4 is 5.32 Å². The molecule has 0 atom stereocenters. The number of amides is 1. The van der Waals surface area contributed by atoms with Gasteiger partial charge in [0, 0.05) is 30.5 Å². The fourth-order valence-corrected chi connectivity index (χ4v) is 4.47. The second-order valence-corrected chi connectivity index (χ2v) is 9.77. The van der Waals surface area contributed by atoms with E-state index in [0.29, 0.717) is 47.4 Å². The van der Waals surface area contributed by atoms with Crippen molar-refractivity contribution in [2.75, 3.05) is 24.7 Å². The van der Waals surface area contributed by atoms with Crippen LogP contribution in [0.3, 0.4) is 0 Å². The molecule has 1 aliphatic rings. The molecule has 1 N–H and O–H groups in total. The van der Waals surface area contributed by atoms with Crippen LogP contribution in [0.4, 0.5) is 5.69 Å². The van der Waals surface area contributed by atoms with Gasteiger partial charge in [-0.2, -0.15) is 4.98 Å². The molecule has 3 aromatic heterocycles. The van der Waals surface area contributed by atoms with E-state index >= 15 is 0 Å². The van der Waals surface area contributed by atoms with Crippen LogP contribution in [0.25, 0.3) is 17.0 Å². The molecular weight excluding hydrogens is 432 g/mol. The predicted octanol–water partition coefficient (Wildman–Crippen LogP) is 2.30. The second kappa shape index (κ2) is 7.53. The Hall–Kier alpha value is -3.57. The zero-order valence-corrected chi connectivity index (χ0v) is 18.2. The van der Waals surface area contributed by atoms with Crippen LogP contribution in [0.5, 0.6) is 0 Å². The number of nitrogens with zero attached hydrogens (tertiary/aromatic N) is 5. The third kappa shape index (κ3) is 3.65. The third-order valence-electron chi connectivity index (χ3n) is 5.50. The van der Waals surface area contributed by atoms with Gasteiger partial charge in [-0.05, 0) is 30.7 Å². The van der Waals surface area contributed by atoms with Crippen molar-refractivity contribution in [3.05, 3.63) is 65.9 Å². The summed E-state index contributed by atoms with van der Waals surface area (Å²) in [4.78, 5) is 21.5. The largest absolute Gasteiger partial charge is 0.339 e. The summed E-state index contributed by atoms with van der Waals surface area (Å²) in [5.74, 6) is 0.374. The SMILES string of the molecule is Cc1ccc(-c2noc(C3CN(S(C)(=O)=O)C3)n2)cc1NC(=O)c1cnc2ccccn12. The highest BCUT2D eigenvalue weighted by Crippen LogP contribution is 2.30. The maximum atomic E-state index is 12.9. The van der Waals surface area contributed by atoms with Crippen LogP contribution in [-0.4, -0.2) is 57.5 Å². The van der Waals surface area contributed by atoms with Gasteiger partial charge in [0.25, 0.3) is 5.91 Å². The van der Waals surface area contributed by atoms with Crippen LogP contribution in [-0.2, 0) is 10.0 Å². The number of carbonyl (C=O) groups excluding carboxylic acids is 1. The number of rotatable bonds is 5. The smallest absolute Gasteiger partial charge is 0.274 e. The Labute approximate surface area is 183 Å². The maximum absolute atomic E-state index is 12.9. The molecule has 11 heteroatoms. The summed E-state index contributed by atoms with van der Waals surface area (Å²) in [7, 11) is -3.21. The molecule has 1 saturated heterocycles. The lowest BCUT2D eigenvalue weighted by molar-refractivity contribution is 0.102. The zero-order chi connectivity index (χ0) is 22.5. The fraction of sp³-hybridized carbons (Fsp3) is 0.238. The normalized spacial score (nSPS) is 15.1. The molecule has 1 aliphatic heterocycles. The molecule has 0 aliphatic carbocycles. The minimum atomic E-state index is -3.21. The molecule has 10 nitrogen and oxygen atoms in total. The highest BCUT2D eigenvalue weighted by molar-refractivity contribution is 7.88. The number of anilines is 1. The summed E-state index contributed by atoms with van der Waals surface area (Å²) in [5.41, 5.74) is 3.29. The number of carbonyl (C=O) groups is 1. The van der Waals surface area contributed by atoms with E-state index in [1.807, 2.05) is 37.3 Å². The standard InChI is InChI=1S/C21H20N6O4S/c1-13-6-7-14(19-24-21(31-25-19)15-11-26(12-15)32(2,29)30)9-16(13)23-20(28)17-10-22-18-5-3-4-8-27(17)18/h3-10,15H,11-12H2,1-2H3,(H,23,28). The summed E-state index contributed by atoms with van der Waals surface area (Å²) in [6.45, 7) is 2.55. The van der Waals surface area contributed by atoms with E-state index in [1.54, 1.807) is 16.7 Å². The number of hydrogen-bond donors (Lipinski definition) is 1. The molecular formula is C21H20N6O4S. The van der Waals surface area contributed by atoms with Gasteiger partial charge in [-0.15, -0.1) is 0 Å². The molecule has 1 aromatic carbocycles. The molecule has 0 spiro atoms. The molecule has 32 heavy (non-hydrogen) atoms. The van der Waals surface area contributed by atoms with Crippen molar-refractivity contribution in [2.24, 2.45) is 0 Å². The number of aryl methyl sites for hydroxylation is 1. The number of sulfonamides is 1. The van der Waals surface area contributed by atoms with E-state index in [2.05, 4.69) is 20.4 Å². The van der Waals surface area contributed by atoms with Gasteiger partial charge in [-0.25, -0.2) is 17.7 Å². The topological polar surface area (TPSA) is 123 Å². The monoisotopic (exact) mass is 452 g/mol. The summed E-state index contributed by atoms with van der Waals surface area (Å²) < 4.78 is 31.5. The lowest BCUT2D eigenvalue weighted by atomic mass is 10.0. The summed E-state index contributed by atoms with van der Waals surface area (Å²) >= 11 is 0. The predicted molar refractivity (Wildman–Crippen MR) is 117 cm³/mol. The molecule has 5 rings (SSSR count). The zero-order valence-electron chi connectivity index (χ0n) is 17.4. The fourth-order valence-electron chi connectivity index (χ4n) is 3.57. The molecule has 0 saturated carbocycles. The number of aromatic nitrogens is 4. The Balaban J connectivity index is 1.36. The minimum absolute atomic E-state index is 0.120. The van der Waals surface area contributed by atoms with Gasteiger partial charge in [0.05, 0.1) is 18.4 Å². The van der Waals surface area contributed by atoms with E-state index in [-0.39, 0.29) is 11.8 Å². The van der Waals surface area contributed by atoms with E-state index in [1.165, 1.54) is 16.8 Å². The van der Waals surface area contributed by atoms with Gasteiger partial charge in [0.15, 0.2) is 0 Å². The number of imidazole rings is 1. The van der Waals surface area contributed by atoms with Crippen LogP contribution in [0.15, 0.2) is 53.3 Å². The average molecular weight is 452 g/mol. The molecule has 164 valence electrons. The quantitative estimate of drug-likeness (QED) is 0.493. The summed E-state index contributed by atoms with van der Waals surface area (Å²) in [5, 5.41) is 6.97. The Morgan fingerprint density at radius 3 is 2.81 bits per heavy atom. The Kier molecular flexibility index (Phi) is 4.79. The lowest BCUT2D eigenvalue weighted by Gasteiger charge is -2.34. The van der Waals surface area contributed by atoms with Gasteiger partial charge >= 0.3 is 0 Å². The first-order chi connectivity index (χ1) is 15.3. The number of fused-ring (bicyclic) bond motifs is 1. The molecule has 4 aromatic rings. The summed E-state index contributed by atoms with van der Waals surface area (Å²) in [6, 6.07) is 11.0. The Morgan fingerprint density at radius 1 is 1.22 bits per heavy atom. The Bertz CT molecular complexity index is 1440. The number of hydrogen-bond acceptors (Lipinski definition) is 7. The minimum Gasteiger partial charge on any atom is -0.339 e. The molecule has 0 unspecified atom stereocenters. The summed E-state index contributed by atoms with van der Waals surface area (Å²) in [6.07, 6.45) is 4.50. The molecule has 0 bridgehead atoms. The number of pyridine rings is 1. The molecule has 1 amide bonds. The Morgan fingerprint density at radius 2 is 2.03 bits per heavy atom. The van der Waals surface area contributed by atoms with Crippen LogP contribution in [0, 0.1) is 6.92 Å². The van der Waals surface area contributed by atoms with E-state index in [0.717, 1.165) is 5.56 Å². The first-order valence-corrected chi connectivity index (χ1v) is 11.8. The molecule has 1 fully saturated rings. The van der Waals surface area contributed by atoms with Crippen molar-refractivity contribution in [3.8, 4) is 11.4 Å². The first-order valence-electron chi connectivity index (χ1n) is 9.93. The number of benzene rings is 1. The third-order valence-corrected chi connectivity index (χ3v) is 6.74. The lowest BCUT2D eigenvalue weighted by Crippen LogP contribution is -2.47. The van der Waals surface area contributed by atoms with Crippen molar-refractivity contribution in [1.29, 1.82) is 0 Å². The van der Waals surface area contributed by atoms with Crippen molar-refractivity contribution >= 4 is 27.3 Å². The average Bonchev–Trinajstić information content (AvgIpc) is 3.35. The van der Waals surface area contributed by atoms with Crippen LogP contribution in [0.1, 0.15) is 27.9 Å². The first kappa shape index (κ1) is 20.3. The van der Waals surface area contributed by atoms with Gasteiger partial charge in [-0.1, -0.05) is 23.4 Å². The molecule has 0 radical (unpaired) electrons. The van der Waals surface area contributed by atoms with E-state index < -0.39 is 10.0 Å².